The molecule has 0 unspecified atom stereocenters. The summed E-state index contributed by atoms with van der Waals surface area (Å²) in [7, 11) is -3.72. The van der Waals surface area contributed by atoms with E-state index in [1.165, 1.54) is 10.4 Å². The monoisotopic (exact) mass is 370 g/mol. The van der Waals surface area contributed by atoms with Crippen molar-refractivity contribution in [2.45, 2.75) is 24.7 Å². The van der Waals surface area contributed by atoms with Crippen LogP contribution in [-0.2, 0) is 26.0 Å². The number of carboxylic acids is 1. The molecular weight excluding hydrogens is 348 g/mol. The molecule has 1 fully saturated rings. The first-order valence-corrected chi connectivity index (χ1v) is 9.51. The lowest BCUT2D eigenvalue weighted by atomic mass is 10.1. The number of nitrogens with one attached hydrogen (secondary N) is 1. The highest BCUT2D eigenvalue weighted by atomic mass is 32.2. The van der Waals surface area contributed by atoms with Crippen molar-refractivity contribution in [2.24, 2.45) is 0 Å². The Morgan fingerprint density at radius 3 is 2.56 bits per heavy atom. The molecule has 1 aliphatic heterocycles. The predicted octanol–water partition coefficient (Wildman–Crippen LogP) is 0.474. The van der Waals surface area contributed by atoms with Crippen LogP contribution in [0.4, 0.5) is 0 Å². The molecule has 0 aromatic heterocycles. The van der Waals surface area contributed by atoms with E-state index in [4.69, 9.17) is 9.84 Å². The third-order valence-electron chi connectivity index (χ3n) is 3.92. The second-order valence-electron chi connectivity index (χ2n) is 5.59. The van der Waals surface area contributed by atoms with E-state index in [-0.39, 0.29) is 36.5 Å². The van der Waals surface area contributed by atoms with Crippen molar-refractivity contribution in [2.75, 3.05) is 32.8 Å². The SMILES string of the molecule is CCc1ccc(C(=O)NCCC(=O)O)cc1S(=O)(=O)N1CCOCC1. The minimum Gasteiger partial charge on any atom is -0.481 e. The minimum atomic E-state index is -3.72. The summed E-state index contributed by atoms with van der Waals surface area (Å²) < 4.78 is 32.4. The van der Waals surface area contributed by atoms with Crippen LogP contribution in [0.1, 0.15) is 29.3 Å². The Balaban J connectivity index is 2.27. The molecule has 0 aliphatic carbocycles. The Kier molecular flexibility index (Phi) is 6.51. The van der Waals surface area contributed by atoms with Crippen molar-refractivity contribution in [3.63, 3.8) is 0 Å². The van der Waals surface area contributed by atoms with Gasteiger partial charge in [0.1, 0.15) is 0 Å². The van der Waals surface area contributed by atoms with Crippen molar-refractivity contribution < 1.29 is 27.9 Å². The fourth-order valence-electron chi connectivity index (χ4n) is 2.54. The number of aliphatic carboxylic acids is 1. The molecular formula is C16H22N2O6S. The Bertz CT molecular complexity index is 741. The zero-order chi connectivity index (χ0) is 18.4. The molecule has 8 nitrogen and oxygen atoms in total. The van der Waals surface area contributed by atoms with Crippen molar-refractivity contribution in [3.8, 4) is 0 Å². The molecule has 138 valence electrons. The van der Waals surface area contributed by atoms with Crippen LogP contribution in [0.3, 0.4) is 0 Å². The average Bonchev–Trinajstić information content (AvgIpc) is 2.61. The second-order valence-corrected chi connectivity index (χ2v) is 7.50. The molecule has 0 radical (unpaired) electrons. The van der Waals surface area contributed by atoms with Crippen LogP contribution in [0, 0.1) is 0 Å². The largest absolute Gasteiger partial charge is 0.481 e. The average molecular weight is 370 g/mol. The van der Waals surface area contributed by atoms with E-state index in [1.807, 2.05) is 6.92 Å². The third-order valence-corrected chi connectivity index (χ3v) is 5.90. The Hall–Kier alpha value is -1.97. The quantitative estimate of drug-likeness (QED) is 0.722. The lowest BCUT2D eigenvalue weighted by Gasteiger charge is -2.27. The maximum absolute atomic E-state index is 12.9. The molecule has 1 heterocycles. The van der Waals surface area contributed by atoms with Crippen LogP contribution in [0.15, 0.2) is 23.1 Å². The van der Waals surface area contributed by atoms with Crippen LogP contribution in [0.5, 0.6) is 0 Å². The van der Waals surface area contributed by atoms with Crippen molar-refractivity contribution >= 4 is 21.9 Å². The summed E-state index contributed by atoms with van der Waals surface area (Å²) in [6.45, 7) is 3.07. The summed E-state index contributed by atoms with van der Waals surface area (Å²) >= 11 is 0. The van der Waals surface area contributed by atoms with Crippen molar-refractivity contribution in [3.05, 3.63) is 29.3 Å². The number of carbonyl (C=O) groups is 2. The number of carbonyl (C=O) groups excluding carboxylic acids is 1. The summed E-state index contributed by atoms with van der Waals surface area (Å²) in [5.74, 6) is -1.51. The van der Waals surface area contributed by atoms with E-state index >= 15 is 0 Å². The highest BCUT2D eigenvalue weighted by molar-refractivity contribution is 7.89. The highest BCUT2D eigenvalue weighted by Gasteiger charge is 2.29. The van der Waals surface area contributed by atoms with E-state index in [9.17, 15) is 18.0 Å². The van der Waals surface area contributed by atoms with Crippen LogP contribution >= 0.6 is 0 Å². The standard InChI is InChI=1S/C16H22N2O6S/c1-2-12-3-4-13(16(21)17-6-5-15(19)20)11-14(12)25(22,23)18-7-9-24-10-8-18/h3-4,11H,2,5-10H2,1H3,(H,17,21)(H,19,20). The van der Waals surface area contributed by atoms with Crippen molar-refractivity contribution in [1.82, 2.24) is 9.62 Å². The Morgan fingerprint density at radius 1 is 1.28 bits per heavy atom. The molecule has 0 bridgehead atoms. The molecule has 0 atom stereocenters. The molecule has 1 aliphatic rings. The van der Waals surface area contributed by atoms with E-state index in [2.05, 4.69) is 5.32 Å². The topological polar surface area (TPSA) is 113 Å². The number of carboxylic acid groups (broad SMARTS) is 1. The molecule has 2 rings (SSSR count). The van der Waals surface area contributed by atoms with Gasteiger partial charge in [-0.05, 0) is 24.1 Å². The number of amides is 1. The number of nitrogens with zero attached hydrogens (tertiary/aromatic N) is 1. The first-order valence-electron chi connectivity index (χ1n) is 8.07. The van der Waals surface area contributed by atoms with Gasteiger partial charge in [-0.3, -0.25) is 9.59 Å². The Labute approximate surface area is 146 Å². The van der Waals surface area contributed by atoms with E-state index in [0.717, 1.165) is 0 Å². The van der Waals surface area contributed by atoms with Gasteiger partial charge in [0.25, 0.3) is 5.91 Å². The lowest BCUT2D eigenvalue weighted by molar-refractivity contribution is -0.136. The van der Waals surface area contributed by atoms with Crippen LogP contribution < -0.4 is 5.32 Å². The van der Waals surface area contributed by atoms with E-state index in [0.29, 0.717) is 25.2 Å². The number of benzene rings is 1. The van der Waals surface area contributed by atoms with E-state index in [1.54, 1.807) is 12.1 Å². The highest BCUT2D eigenvalue weighted by Crippen LogP contribution is 2.23. The van der Waals surface area contributed by atoms with Gasteiger partial charge in [0.15, 0.2) is 0 Å². The zero-order valence-corrected chi connectivity index (χ0v) is 14.8. The molecule has 1 aromatic carbocycles. The summed E-state index contributed by atoms with van der Waals surface area (Å²) in [5.41, 5.74) is 0.822. The number of aryl methyl sites for hydroxylation is 1. The molecule has 1 aromatic rings. The molecule has 25 heavy (non-hydrogen) atoms. The molecule has 1 saturated heterocycles. The molecule has 0 saturated carbocycles. The number of hydrogen-bond acceptors (Lipinski definition) is 5. The maximum atomic E-state index is 12.9. The maximum Gasteiger partial charge on any atom is 0.305 e. The third kappa shape index (κ3) is 4.77. The molecule has 2 N–H and O–H groups in total. The fraction of sp³-hybridized carbons (Fsp3) is 0.500. The molecule has 0 spiro atoms. The van der Waals surface area contributed by atoms with Gasteiger partial charge in [0.2, 0.25) is 10.0 Å². The smallest absolute Gasteiger partial charge is 0.305 e. The van der Waals surface area contributed by atoms with E-state index < -0.39 is 21.9 Å². The first kappa shape index (κ1) is 19.4. The summed E-state index contributed by atoms with van der Waals surface area (Å²) in [5, 5.41) is 11.1. The van der Waals surface area contributed by atoms with Crippen molar-refractivity contribution in [1.29, 1.82) is 0 Å². The summed E-state index contributed by atoms with van der Waals surface area (Å²) in [6.07, 6.45) is 0.317. The van der Waals surface area contributed by atoms with Gasteiger partial charge in [-0.25, -0.2) is 8.42 Å². The predicted molar refractivity (Wildman–Crippen MR) is 90.0 cm³/mol. The van der Waals surface area contributed by atoms with Gasteiger partial charge in [-0.15, -0.1) is 0 Å². The normalized spacial score (nSPS) is 15.7. The van der Waals surface area contributed by atoms with Crippen LogP contribution in [0.25, 0.3) is 0 Å². The number of ether oxygens (including phenoxy) is 1. The minimum absolute atomic E-state index is 0.0186. The number of rotatable bonds is 7. The summed E-state index contributed by atoms with van der Waals surface area (Å²) in [6, 6.07) is 4.53. The van der Waals surface area contributed by atoms with Gasteiger partial charge >= 0.3 is 5.97 Å². The second kappa shape index (κ2) is 8.41. The lowest BCUT2D eigenvalue weighted by Crippen LogP contribution is -2.41. The van der Waals surface area contributed by atoms with Crippen LogP contribution in [-0.4, -0.2) is 62.6 Å². The Morgan fingerprint density at radius 2 is 1.96 bits per heavy atom. The van der Waals surface area contributed by atoms with Gasteiger partial charge in [-0.2, -0.15) is 4.31 Å². The molecule has 9 heteroatoms. The number of morpholine rings is 1. The first-order chi connectivity index (χ1) is 11.9. The van der Waals surface area contributed by atoms with Gasteiger partial charge in [0, 0.05) is 25.2 Å². The summed E-state index contributed by atoms with van der Waals surface area (Å²) in [4.78, 5) is 22.8. The van der Waals surface area contributed by atoms with Gasteiger partial charge < -0.3 is 15.2 Å². The number of hydrogen-bond donors (Lipinski definition) is 2. The van der Waals surface area contributed by atoms with Gasteiger partial charge in [-0.1, -0.05) is 13.0 Å². The molecule has 1 amide bonds. The zero-order valence-electron chi connectivity index (χ0n) is 14.0. The number of sulfonamides is 1. The van der Waals surface area contributed by atoms with Crippen LogP contribution in [0.2, 0.25) is 0 Å². The van der Waals surface area contributed by atoms with Gasteiger partial charge in [0.05, 0.1) is 24.5 Å². The fourth-order valence-corrected chi connectivity index (χ4v) is 4.27.